The van der Waals surface area contributed by atoms with Crippen LogP contribution in [0, 0.1) is 0 Å². The molecule has 0 unspecified atom stereocenters. The zero-order valence-corrected chi connectivity index (χ0v) is 29.0. The molecule has 4 aromatic rings. The van der Waals surface area contributed by atoms with Crippen molar-refractivity contribution in [3.8, 4) is 0 Å². The maximum Gasteiger partial charge on any atom is 0.283 e. The molecule has 0 aromatic carbocycles. The second-order valence-corrected chi connectivity index (χ2v) is 11.6. The molecule has 0 bridgehead atoms. The molecule has 0 aliphatic heterocycles. The number of carbonyl (C=O) groups excluding carboxylic acids is 4. The predicted molar refractivity (Wildman–Crippen MR) is 189 cm³/mol. The highest BCUT2D eigenvalue weighted by Gasteiger charge is 2.19. The molecule has 0 aliphatic carbocycles. The molecule has 22 heteroatoms. The van der Waals surface area contributed by atoms with Crippen LogP contribution in [-0.2, 0) is 0 Å². The summed E-state index contributed by atoms with van der Waals surface area (Å²) in [6.07, 6.45) is 0. The second kappa shape index (κ2) is 19.0. The molecule has 0 atom stereocenters. The summed E-state index contributed by atoms with van der Waals surface area (Å²) >= 11 is 0. The SMILES string of the molecule is O=C(NCCN(CCNC(=O)c1cccc(=O)n1O)CN(CCNC(=O)c1cccc(=O)n1O)CCNC(=O)c1cccc(=O)n1O)c1cccc(=O)n1O. The number of nitrogens with one attached hydrogen (secondary N) is 4. The Balaban J connectivity index is 1.48. The van der Waals surface area contributed by atoms with Crippen molar-refractivity contribution in [1.82, 2.24) is 50.0 Å². The van der Waals surface area contributed by atoms with Crippen LogP contribution in [0.3, 0.4) is 0 Å². The monoisotopic (exact) mass is 766 g/mol. The number of pyridine rings is 4. The third kappa shape index (κ3) is 10.9. The summed E-state index contributed by atoms with van der Waals surface area (Å²) in [4.78, 5) is 102. The molecular formula is C33H38N10O12. The molecule has 55 heavy (non-hydrogen) atoms. The number of hydrogen-bond donors (Lipinski definition) is 8. The van der Waals surface area contributed by atoms with Crippen LogP contribution in [0.4, 0.5) is 0 Å². The smallest absolute Gasteiger partial charge is 0.283 e. The molecule has 0 saturated carbocycles. The fourth-order valence-electron chi connectivity index (χ4n) is 5.08. The highest BCUT2D eigenvalue weighted by molar-refractivity contribution is 5.93. The summed E-state index contributed by atoms with van der Waals surface area (Å²) < 4.78 is 0.756. The van der Waals surface area contributed by atoms with Crippen molar-refractivity contribution in [1.29, 1.82) is 0 Å². The first-order chi connectivity index (χ1) is 26.3. The summed E-state index contributed by atoms with van der Waals surface area (Å²) in [5, 5.41) is 50.2. The van der Waals surface area contributed by atoms with Crippen molar-refractivity contribution in [2.45, 2.75) is 0 Å². The number of aromatic nitrogens is 4. The molecular weight excluding hydrogens is 728 g/mol. The van der Waals surface area contributed by atoms with Crippen molar-refractivity contribution >= 4 is 23.6 Å². The number of nitrogens with zero attached hydrogens (tertiary/aromatic N) is 6. The molecule has 4 amide bonds. The summed E-state index contributed by atoms with van der Waals surface area (Å²) in [6.45, 7) is 0.246. The molecule has 8 N–H and O–H groups in total. The second-order valence-electron chi connectivity index (χ2n) is 11.6. The minimum atomic E-state index is -0.823. The van der Waals surface area contributed by atoms with E-state index in [1.54, 1.807) is 9.80 Å². The Morgan fingerprint density at radius 3 is 0.855 bits per heavy atom. The Morgan fingerprint density at radius 2 is 0.636 bits per heavy atom. The summed E-state index contributed by atoms with van der Waals surface area (Å²) in [5.74, 6) is -3.08. The molecule has 4 aromatic heterocycles. The largest absolute Gasteiger partial charge is 0.425 e. The van der Waals surface area contributed by atoms with Crippen molar-refractivity contribution in [2.75, 3.05) is 59.0 Å². The van der Waals surface area contributed by atoms with Gasteiger partial charge in [0.2, 0.25) is 0 Å². The highest BCUT2D eigenvalue weighted by atomic mass is 16.5. The van der Waals surface area contributed by atoms with E-state index in [1.807, 2.05) is 0 Å². The van der Waals surface area contributed by atoms with Gasteiger partial charge in [-0.2, -0.15) is 0 Å². The topological polar surface area (TPSA) is 292 Å². The lowest BCUT2D eigenvalue weighted by Gasteiger charge is -2.31. The van der Waals surface area contributed by atoms with Crippen LogP contribution in [-0.4, -0.2) is 132 Å². The summed E-state index contributed by atoms with van der Waals surface area (Å²) in [6, 6.07) is 14.3. The van der Waals surface area contributed by atoms with Gasteiger partial charge in [-0.15, -0.1) is 18.9 Å². The van der Waals surface area contributed by atoms with E-state index >= 15 is 0 Å². The van der Waals surface area contributed by atoms with E-state index in [-0.39, 0.29) is 101 Å². The average molecular weight is 767 g/mol. The maximum atomic E-state index is 12.7. The molecule has 0 spiro atoms. The molecule has 4 heterocycles. The van der Waals surface area contributed by atoms with Crippen LogP contribution in [0.2, 0.25) is 0 Å². The average Bonchev–Trinajstić information content (AvgIpc) is 3.15. The zero-order valence-electron chi connectivity index (χ0n) is 29.0. The van der Waals surface area contributed by atoms with E-state index in [9.17, 15) is 59.2 Å². The third-order valence-electron chi connectivity index (χ3n) is 7.90. The number of hydrogen-bond acceptors (Lipinski definition) is 14. The molecule has 0 fully saturated rings. The van der Waals surface area contributed by atoms with Gasteiger partial charge < -0.3 is 42.1 Å². The normalized spacial score (nSPS) is 10.9. The van der Waals surface area contributed by atoms with Crippen molar-refractivity contribution in [2.24, 2.45) is 0 Å². The van der Waals surface area contributed by atoms with E-state index in [4.69, 9.17) is 0 Å². The van der Waals surface area contributed by atoms with Gasteiger partial charge in [0.1, 0.15) is 22.8 Å². The van der Waals surface area contributed by atoms with Gasteiger partial charge in [-0.05, 0) is 24.3 Å². The third-order valence-corrected chi connectivity index (χ3v) is 7.90. The van der Waals surface area contributed by atoms with Crippen molar-refractivity contribution in [3.05, 3.63) is 137 Å². The molecule has 0 saturated heterocycles. The van der Waals surface area contributed by atoms with E-state index in [0.717, 1.165) is 24.3 Å². The first kappa shape index (κ1) is 40.6. The molecule has 4 rings (SSSR count). The van der Waals surface area contributed by atoms with Gasteiger partial charge >= 0.3 is 0 Å². The van der Waals surface area contributed by atoms with Gasteiger partial charge in [-0.25, -0.2) is 0 Å². The molecule has 0 aliphatic rings. The Labute approximate surface area is 309 Å². The van der Waals surface area contributed by atoms with E-state index in [0.29, 0.717) is 0 Å². The fraction of sp³-hybridized carbons (Fsp3) is 0.273. The van der Waals surface area contributed by atoms with Gasteiger partial charge in [-0.3, -0.25) is 48.2 Å². The van der Waals surface area contributed by atoms with E-state index < -0.39 is 45.9 Å². The first-order valence-electron chi connectivity index (χ1n) is 16.5. The van der Waals surface area contributed by atoms with Gasteiger partial charge in [0.25, 0.3) is 45.9 Å². The number of amides is 4. The highest BCUT2D eigenvalue weighted by Crippen LogP contribution is 2.00. The van der Waals surface area contributed by atoms with Crippen LogP contribution >= 0.6 is 0 Å². The van der Waals surface area contributed by atoms with Gasteiger partial charge in [-0.1, -0.05) is 24.3 Å². The predicted octanol–water partition coefficient (Wildman–Crippen LogP) is -3.14. The Kier molecular flexibility index (Phi) is 14.0. The Bertz CT molecular complexity index is 1950. The molecule has 22 nitrogen and oxygen atoms in total. The van der Waals surface area contributed by atoms with Crippen LogP contribution in [0.25, 0.3) is 0 Å². The van der Waals surface area contributed by atoms with Crippen LogP contribution in [0.1, 0.15) is 42.0 Å². The summed E-state index contributed by atoms with van der Waals surface area (Å²) in [7, 11) is 0. The minimum Gasteiger partial charge on any atom is -0.425 e. The Hall–Kier alpha value is -7.20. The zero-order chi connectivity index (χ0) is 40.1. The minimum absolute atomic E-state index is 0.0455. The first-order valence-corrected chi connectivity index (χ1v) is 16.5. The number of carbonyl (C=O) groups is 4. The fourth-order valence-corrected chi connectivity index (χ4v) is 5.08. The van der Waals surface area contributed by atoms with Crippen LogP contribution in [0.15, 0.2) is 92.0 Å². The lowest BCUT2D eigenvalue weighted by Crippen LogP contribution is -2.49. The summed E-state index contributed by atoms with van der Waals surface area (Å²) in [5.41, 5.74) is -4.59. The van der Waals surface area contributed by atoms with E-state index in [1.165, 1.54) is 48.5 Å². The number of rotatable bonds is 18. The Morgan fingerprint density at radius 1 is 0.418 bits per heavy atom. The molecule has 0 radical (unpaired) electrons. The maximum absolute atomic E-state index is 12.7. The quantitative estimate of drug-likeness (QED) is 0.0367. The lowest BCUT2D eigenvalue weighted by atomic mass is 10.3. The van der Waals surface area contributed by atoms with Crippen molar-refractivity contribution in [3.63, 3.8) is 0 Å². The van der Waals surface area contributed by atoms with Gasteiger partial charge in [0.15, 0.2) is 0 Å². The standard InChI is InChI=1S/C33H38N10O12/c44-26-9-1-5-22(40(26)52)30(48)34-13-17-38(18-14-35-31(49)23-6-2-10-27(45)41(23)53)21-39(19-15-36-32(50)24-7-3-11-28(46)42(24)54)20-16-37-33(51)25-8-4-12-29(47)43(25)55/h1-12,52-55H,13-21H2,(H,34,48)(H,35,49)(H,36,50)(H,37,51). The van der Waals surface area contributed by atoms with Gasteiger partial charge in [0, 0.05) is 76.6 Å². The van der Waals surface area contributed by atoms with Gasteiger partial charge in [0.05, 0.1) is 6.67 Å². The van der Waals surface area contributed by atoms with Crippen molar-refractivity contribution < 1.29 is 40.0 Å². The van der Waals surface area contributed by atoms with Crippen LogP contribution in [0.5, 0.6) is 0 Å². The van der Waals surface area contributed by atoms with Crippen LogP contribution < -0.4 is 43.5 Å². The van der Waals surface area contributed by atoms with E-state index in [2.05, 4.69) is 21.3 Å². The lowest BCUT2D eigenvalue weighted by molar-refractivity contribution is 0.0861. The molecule has 292 valence electrons.